The van der Waals surface area contributed by atoms with Crippen molar-refractivity contribution in [3.63, 3.8) is 0 Å². The van der Waals surface area contributed by atoms with Crippen LogP contribution in [0.1, 0.15) is 55.1 Å². The van der Waals surface area contributed by atoms with E-state index in [1.807, 2.05) is 24.3 Å². The number of nitrogens with one attached hydrogen (secondary N) is 3. The molecule has 210 valence electrons. The second-order valence-corrected chi connectivity index (χ2v) is 11.9. The van der Waals surface area contributed by atoms with Crippen molar-refractivity contribution in [3.8, 4) is 33.2 Å². The average molecular weight is 577 g/mol. The van der Waals surface area contributed by atoms with Crippen molar-refractivity contribution >= 4 is 50.7 Å². The highest BCUT2D eigenvalue weighted by Gasteiger charge is 2.19. The first-order valence-electron chi connectivity index (χ1n) is 14.1. The lowest BCUT2D eigenvalue weighted by Crippen LogP contribution is -2.18. The lowest BCUT2D eigenvalue weighted by molar-refractivity contribution is -0.117. The molecule has 42 heavy (non-hydrogen) atoms. The number of carbonyl (C=O) groups is 2. The number of thiophene rings is 1. The summed E-state index contributed by atoms with van der Waals surface area (Å²) in [6.07, 6.45) is 15.1. The van der Waals surface area contributed by atoms with Crippen LogP contribution >= 0.6 is 11.3 Å². The number of amides is 1. The van der Waals surface area contributed by atoms with Crippen molar-refractivity contribution in [2.24, 2.45) is 5.92 Å². The summed E-state index contributed by atoms with van der Waals surface area (Å²) >= 11 is 1.43. The van der Waals surface area contributed by atoms with Crippen molar-refractivity contribution in [2.75, 3.05) is 5.32 Å². The van der Waals surface area contributed by atoms with Gasteiger partial charge in [0.1, 0.15) is 11.2 Å². The predicted octanol–water partition coefficient (Wildman–Crippen LogP) is 6.80. The molecule has 1 aliphatic rings. The molecule has 10 nitrogen and oxygen atoms in total. The lowest BCUT2D eigenvalue weighted by atomic mass is 9.87. The third kappa shape index (κ3) is 5.07. The number of Topliss-reactive ketones (excluding diaryl/α,β-unsaturated/α-hetero) is 1. The number of imidazole rings is 1. The van der Waals surface area contributed by atoms with Crippen molar-refractivity contribution < 1.29 is 9.59 Å². The van der Waals surface area contributed by atoms with Crippen LogP contribution in [0.4, 0.5) is 5.69 Å². The first kappa shape index (κ1) is 26.1. The Morgan fingerprint density at radius 1 is 1.00 bits per heavy atom. The van der Waals surface area contributed by atoms with E-state index in [2.05, 4.69) is 35.5 Å². The number of ketones is 1. The van der Waals surface area contributed by atoms with Gasteiger partial charge in [0.2, 0.25) is 5.91 Å². The summed E-state index contributed by atoms with van der Waals surface area (Å²) in [5.74, 6) is 1.11. The van der Waals surface area contributed by atoms with Gasteiger partial charge in [0.05, 0.1) is 45.9 Å². The first-order chi connectivity index (χ1) is 20.5. The van der Waals surface area contributed by atoms with Gasteiger partial charge < -0.3 is 10.3 Å². The van der Waals surface area contributed by atoms with Crippen LogP contribution in [0.15, 0.2) is 55.2 Å². The van der Waals surface area contributed by atoms with Crippen LogP contribution in [0, 0.1) is 5.92 Å². The minimum atomic E-state index is 0.0280. The Kier molecular flexibility index (Phi) is 6.79. The SMILES string of the molecule is CC(=O)c1ccc(-c2cncc3[nH]c(-c4n[nH]c5cnc(-c6cncc(NC(=O)CC7CCCCC7)c6)cc45)nc23)s1. The summed E-state index contributed by atoms with van der Waals surface area (Å²) in [5.41, 5.74) is 5.93. The van der Waals surface area contributed by atoms with E-state index in [0.717, 1.165) is 50.8 Å². The molecule has 3 N–H and O–H groups in total. The summed E-state index contributed by atoms with van der Waals surface area (Å²) in [6, 6.07) is 7.60. The molecule has 0 aliphatic heterocycles. The second-order valence-electron chi connectivity index (χ2n) is 10.8. The third-order valence-corrected chi connectivity index (χ3v) is 9.02. The summed E-state index contributed by atoms with van der Waals surface area (Å²) < 4.78 is 0. The number of aromatic amines is 2. The number of nitrogens with zero attached hydrogens (tertiary/aromatic N) is 5. The van der Waals surface area contributed by atoms with Crippen LogP contribution in [0.5, 0.6) is 0 Å². The Morgan fingerprint density at radius 3 is 2.69 bits per heavy atom. The van der Waals surface area contributed by atoms with E-state index in [9.17, 15) is 9.59 Å². The molecule has 0 aromatic carbocycles. The van der Waals surface area contributed by atoms with Crippen molar-refractivity contribution in [2.45, 2.75) is 45.4 Å². The van der Waals surface area contributed by atoms with Crippen molar-refractivity contribution in [3.05, 3.63) is 60.1 Å². The molecule has 1 amide bonds. The topological polar surface area (TPSA) is 142 Å². The van der Waals surface area contributed by atoms with Gasteiger partial charge in [0, 0.05) is 40.2 Å². The van der Waals surface area contributed by atoms with Gasteiger partial charge in [-0.15, -0.1) is 11.3 Å². The molecule has 1 fully saturated rings. The number of H-pyrrole nitrogens is 2. The second kappa shape index (κ2) is 10.9. The first-order valence-corrected chi connectivity index (χ1v) is 14.9. The van der Waals surface area contributed by atoms with E-state index in [1.54, 1.807) is 37.9 Å². The smallest absolute Gasteiger partial charge is 0.224 e. The molecule has 1 saturated carbocycles. The van der Waals surface area contributed by atoms with Crippen molar-refractivity contribution in [1.82, 2.24) is 35.1 Å². The Morgan fingerprint density at radius 2 is 1.86 bits per heavy atom. The monoisotopic (exact) mass is 576 g/mol. The standard InChI is InChI=1S/C31H28N8O2S/c1-17(40)26-7-8-27(42-26)22-14-33-15-25-29(22)37-31(36-25)30-21-11-23(34-16-24(21)38-39-30)19-10-20(13-32-12-19)35-28(41)9-18-5-3-2-4-6-18/h7-8,10-16,18H,2-6,9H2,1H3,(H,35,41)(H,36,37)(H,38,39). The summed E-state index contributed by atoms with van der Waals surface area (Å²) in [4.78, 5) is 47.8. The molecule has 6 aromatic rings. The highest BCUT2D eigenvalue weighted by molar-refractivity contribution is 7.17. The van der Waals surface area contributed by atoms with Crippen LogP contribution in [0.2, 0.25) is 0 Å². The van der Waals surface area contributed by atoms with E-state index in [1.165, 1.54) is 30.6 Å². The maximum absolute atomic E-state index is 12.7. The zero-order valence-electron chi connectivity index (χ0n) is 23.0. The summed E-state index contributed by atoms with van der Waals surface area (Å²) in [6.45, 7) is 1.56. The Labute approximate surface area is 245 Å². The van der Waals surface area contributed by atoms with E-state index in [-0.39, 0.29) is 11.7 Å². The predicted molar refractivity (Wildman–Crippen MR) is 163 cm³/mol. The molecule has 0 radical (unpaired) electrons. The molecule has 0 unspecified atom stereocenters. The molecular weight excluding hydrogens is 548 g/mol. The van der Waals surface area contributed by atoms with E-state index in [4.69, 9.17) is 4.98 Å². The van der Waals surface area contributed by atoms with Crippen LogP contribution in [-0.2, 0) is 4.79 Å². The summed E-state index contributed by atoms with van der Waals surface area (Å²) in [7, 11) is 0. The quantitative estimate of drug-likeness (QED) is 0.177. The van der Waals surface area contributed by atoms with Crippen LogP contribution in [0.3, 0.4) is 0 Å². The van der Waals surface area contributed by atoms with Gasteiger partial charge >= 0.3 is 0 Å². The lowest BCUT2D eigenvalue weighted by Gasteiger charge is -2.20. The molecular formula is C31H28N8O2S. The number of carbonyl (C=O) groups excluding carboxylic acids is 2. The fourth-order valence-electron chi connectivity index (χ4n) is 5.67. The highest BCUT2D eigenvalue weighted by Crippen LogP contribution is 2.35. The van der Waals surface area contributed by atoms with Gasteiger partial charge in [-0.3, -0.25) is 29.6 Å². The minimum absolute atomic E-state index is 0.0280. The fourth-order valence-corrected chi connectivity index (χ4v) is 6.58. The van der Waals surface area contributed by atoms with Gasteiger partial charge in [-0.1, -0.05) is 19.3 Å². The van der Waals surface area contributed by atoms with Crippen LogP contribution in [0.25, 0.3) is 55.2 Å². The molecule has 1 aliphatic carbocycles. The van der Waals surface area contributed by atoms with Crippen LogP contribution in [-0.4, -0.2) is 46.8 Å². The average Bonchev–Trinajstić information content (AvgIpc) is 3.75. The molecule has 0 saturated heterocycles. The number of rotatable bonds is 7. The van der Waals surface area contributed by atoms with Gasteiger partial charge in [-0.2, -0.15) is 5.10 Å². The highest BCUT2D eigenvalue weighted by atomic mass is 32.1. The number of anilines is 1. The fraction of sp³-hybridized carbons (Fsp3) is 0.258. The number of pyridine rings is 3. The molecule has 0 spiro atoms. The van der Waals surface area contributed by atoms with E-state index in [0.29, 0.717) is 40.1 Å². The van der Waals surface area contributed by atoms with Crippen molar-refractivity contribution in [1.29, 1.82) is 0 Å². The number of hydrogen-bond acceptors (Lipinski definition) is 8. The number of fused-ring (bicyclic) bond motifs is 2. The number of aromatic nitrogens is 7. The van der Waals surface area contributed by atoms with Gasteiger partial charge in [0.25, 0.3) is 0 Å². The van der Waals surface area contributed by atoms with Gasteiger partial charge in [-0.05, 0) is 49.9 Å². The number of hydrogen-bond donors (Lipinski definition) is 3. The molecule has 6 aromatic heterocycles. The minimum Gasteiger partial charge on any atom is -0.335 e. The molecule has 0 atom stereocenters. The van der Waals surface area contributed by atoms with Crippen LogP contribution < -0.4 is 5.32 Å². The van der Waals surface area contributed by atoms with E-state index >= 15 is 0 Å². The maximum atomic E-state index is 12.7. The Balaban J connectivity index is 1.19. The third-order valence-electron chi connectivity index (χ3n) is 7.80. The summed E-state index contributed by atoms with van der Waals surface area (Å²) in [5, 5.41) is 11.5. The van der Waals surface area contributed by atoms with E-state index < -0.39 is 0 Å². The normalized spacial score (nSPS) is 14.0. The Bertz CT molecular complexity index is 1950. The Hall–Kier alpha value is -4.77. The van der Waals surface area contributed by atoms with Gasteiger partial charge in [0.15, 0.2) is 11.6 Å². The molecule has 0 bridgehead atoms. The molecule has 6 heterocycles. The van der Waals surface area contributed by atoms with Gasteiger partial charge in [-0.25, -0.2) is 4.98 Å². The molecule has 7 rings (SSSR count). The zero-order chi connectivity index (χ0) is 28.6. The molecule has 11 heteroatoms. The largest absolute Gasteiger partial charge is 0.335 e. The zero-order valence-corrected chi connectivity index (χ0v) is 23.8. The maximum Gasteiger partial charge on any atom is 0.224 e.